The van der Waals surface area contributed by atoms with Crippen molar-refractivity contribution in [3.05, 3.63) is 64.6 Å². The van der Waals surface area contributed by atoms with Crippen molar-refractivity contribution >= 4 is 28.3 Å². The number of rotatable bonds is 4. The molecule has 9 heteroatoms. The number of benzene rings is 2. The molecule has 156 valence electrons. The van der Waals surface area contributed by atoms with E-state index in [1.165, 1.54) is 10.6 Å². The van der Waals surface area contributed by atoms with E-state index in [2.05, 4.69) is 10.3 Å². The molecule has 0 unspecified atom stereocenters. The summed E-state index contributed by atoms with van der Waals surface area (Å²) >= 11 is 0. The van der Waals surface area contributed by atoms with E-state index in [9.17, 15) is 22.8 Å². The minimum atomic E-state index is -4.53. The first kappa shape index (κ1) is 19.9. The number of hydrogen-bond acceptors (Lipinski definition) is 4. The maximum atomic E-state index is 13.2. The molecule has 1 N–H and O–H groups in total. The average Bonchev–Trinajstić information content (AvgIpc) is 3.24. The number of carbonyl (C=O) groups excluding carboxylic acids is 1. The van der Waals surface area contributed by atoms with Gasteiger partial charge in [-0.1, -0.05) is 12.1 Å². The first-order chi connectivity index (χ1) is 14.3. The number of aromatic nitrogens is 2. The third-order valence-corrected chi connectivity index (χ3v) is 5.10. The van der Waals surface area contributed by atoms with Gasteiger partial charge in [0.25, 0.3) is 5.56 Å². The van der Waals surface area contributed by atoms with Crippen LogP contribution in [0.2, 0.25) is 0 Å². The van der Waals surface area contributed by atoms with Gasteiger partial charge in [0, 0.05) is 13.1 Å². The Labute approximate surface area is 169 Å². The number of nitrogens with one attached hydrogen (secondary N) is 1. The van der Waals surface area contributed by atoms with Gasteiger partial charge in [-0.25, -0.2) is 4.98 Å². The van der Waals surface area contributed by atoms with E-state index in [4.69, 9.17) is 0 Å². The molecule has 1 aliphatic rings. The van der Waals surface area contributed by atoms with E-state index in [0.29, 0.717) is 29.8 Å². The summed E-state index contributed by atoms with van der Waals surface area (Å²) in [6.07, 6.45) is -1.53. The second-order valence-electron chi connectivity index (χ2n) is 7.14. The molecule has 30 heavy (non-hydrogen) atoms. The number of hydrogen-bond donors (Lipinski definition) is 1. The zero-order valence-electron chi connectivity index (χ0n) is 15.9. The predicted octanol–water partition coefficient (Wildman–Crippen LogP) is 3.65. The standard InChI is InChI=1S/C21H19F3N4O2/c22-21(23,24)14-7-8-17(27-9-3-4-10-27)16(11-14)26-19(29)13-28-18-6-2-1-5-15(18)25-12-20(28)30/h1-2,5-8,11-12H,3-4,9-10,13H2,(H,26,29). The third-order valence-electron chi connectivity index (χ3n) is 5.10. The van der Waals surface area contributed by atoms with Gasteiger partial charge in [-0.15, -0.1) is 0 Å². The molecule has 2 aromatic carbocycles. The zero-order valence-corrected chi connectivity index (χ0v) is 15.9. The smallest absolute Gasteiger partial charge is 0.370 e. The highest BCUT2D eigenvalue weighted by Gasteiger charge is 2.32. The van der Waals surface area contributed by atoms with Crippen LogP contribution in [0.3, 0.4) is 0 Å². The number of alkyl halides is 3. The zero-order chi connectivity index (χ0) is 21.3. The molecule has 0 atom stereocenters. The molecule has 1 amide bonds. The Morgan fingerprint density at radius 2 is 1.83 bits per heavy atom. The SMILES string of the molecule is O=C(Cn1c(=O)cnc2ccccc21)Nc1cc(C(F)(F)F)ccc1N1CCCC1. The normalized spacial score (nSPS) is 14.3. The molecule has 0 spiro atoms. The summed E-state index contributed by atoms with van der Waals surface area (Å²) in [5.41, 5.74) is 0.342. The summed E-state index contributed by atoms with van der Waals surface area (Å²) in [4.78, 5) is 31.0. The summed E-state index contributed by atoms with van der Waals surface area (Å²) in [6.45, 7) is 1.09. The topological polar surface area (TPSA) is 67.2 Å². The number of carbonyl (C=O) groups is 1. The molecule has 2 heterocycles. The van der Waals surface area contributed by atoms with Gasteiger partial charge in [-0.3, -0.25) is 14.2 Å². The number of para-hydroxylation sites is 2. The van der Waals surface area contributed by atoms with Gasteiger partial charge in [-0.05, 0) is 43.2 Å². The van der Waals surface area contributed by atoms with Crippen LogP contribution in [0.25, 0.3) is 11.0 Å². The quantitative estimate of drug-likeness (QED) is 0.705. The Kier molecular flexibility index (Phi) is 5.19. The lowest BCUT2D eigenvalue weighted by Crippen LogP contribution is -2.29. The van der Waals surface area contributed by atoms with Gasteiger partial charge in [0.15, 0.2) is 0 Å². The van der Waals surface area contributed by atoms with Crippen LogP contribution in [0.15, 0.2) is 53.5 Å². The fourth-order valence-electron chi connectivity index (χ4n) is 3.66. The number of anilines is 2. The van der Waals surface area contributed by atoms with Crippen LogP contribution in [-0.2, 0) is 17.5 Å². The van der Waals surface area contributed by atoms with Gasteiger partial charge in [0.2, 0.25) is 5.91 Å². The maximum Gasteiger partial charge on any atom is 0.416 e. The molecule has 0 bridgehead atoms. The van der Waals surface area contributed by atoms with E-state index < -0.39 is 23.2 Å². The van der Waals surface area contributed by atoms with Crippen LogP contribution < -0.4 is 15.8 Å². The van der Waals surface area contributed by atoms with Gasteiger partial charge in [0.1, 0.15) is 6.54 Å². The van der Waals surface area contributed by atoms with E-state index in [-0.39, 0.29) is 12.2 Å². The number of amides is 1. The molecule has 0 saturated carbocycles. The largest absolute Gasteiger partial charge is 0.416 e. The molecule has 3 aromatic rings. The van der Waals surface area contributed by atoms with Crippen molar-refractivity contribution < 1.29 is 18.0 Å². The van der Waals surface area contributed by atoms with Gasteiger partial charge in [-0.2, -0.15) is 13.2 Å². The summed E-state index contributed by atoms with van der Waals surface area (Å²) < 4.78 is 40.9. The summed E-state index contributed by atoms with van der Waals surface area (Å²) in [5.74, 6) is -0.590. The van der Waals surface area contributed by atoms with Crippen molar-refractivity contribution in [2.45, 2.75) is 25.6 Å². The molecular weight excluding hydrogens is 397 g/mol. The van der Waals surface area contributed by atoms with Crippen LogP contribution in [0, 0.1) is 0 Å². The Morgan fingerprint density at radius 1 is 1.10 bits per heavy atom. The Morgan fingerprint density at radius 3 is 2.57 bits per heavy atom. The molecule has 4 rings (SSSR count). The lowest BCUT2D eigenvalue weighted by atomic mass is 10.1. The minimum Gasteiger partial charge on any atom is -0.370 e. The monoisotopic (exact) mass is 416 g/mol. The van der Waals surface area contributed by atoms with Crippen LogP contribution in [0.5, 0.6) is 0 Å². The van der Waals surface area contributed by atoms with Crippen molar-refractivity contribution in [1.29, 1.82) is 0 Å². The Hall–Kier alpha value is -3.36. The van der Waals surface area contributed by atoms with Gasteiger partial charge >= 0.3 is 6.18 Å². The summed E-state index contributed by atoms with van der Waals surface area (Å²) in [7, 11) is 0. The number of nitrogens with zero attached hydrogens (tertiary/aromatic N) is 3. The van der Waals surface area contributed by atoms with E-state index in [0.717, 1.165) is 31.2 Å². The highest BCUT2D eigenvalue weighted by Crippen LogP contribution is 2.36. The first-order valence-electron chi connectivity index (χ1n) is 9.53. The molecule has 0 aliphatic carbocycles. The number of halogens is 3. The first-order valence-corrected chi connectivity index (χ1v) is 9.53. The highest BCUT2D eigenvalue weighted by molar-refractivity contribution is 5.95. The van der Waals surface area contributed by atoms with Crippen molar-refractivity contribution in [3.63, 3.8) is 0 Å². The molecule has 1 fully saturated rings. The van der Waals surface area contributed by atoms with E-state index in [1.54, 1.807) is 24.3 Å². The van der Waals surface area contributed by atoms with Crippen LogP contribution in [0.1, 0.15) is 18.4 Å². The van der Waals surface area contributed by atoms with Crippen molar-refractivity contribution in [1.82, 2.24) is 9.55 Å². The minimum absolute atomic E-state index is 0.0862. The summed E-state index contributed by atoms with van der Waals surface area (Å²) in [6, 6.07) is 10.2. The lowest BCUT2D eigenvalue weighted by Gasteiger charge is -2.23. The predicted molar refractivity (Wildman–Crippen MR) is 108 cm³/mol. The molecule has 1 saturated heterocycles. The molecular formula is C21H19F3N4O2. The Balaban J connectivity index is 1.66. The summed E-state index contributed by atoms with van der Waals surface area (Å²) in [5, 5.41) is 2.58. The van der Waals surface area contributed by atoms with E-state index in [1.807, 2.05) is 4.90 Å². The fraction of sp³-hybridized carbons (Fsp3) is 0.286. The maximum absolute atomic E-state index is 13.2. The van der Waals surface area contributed by atoms with Crippen LogP contribution in [-0.4, -0.2) is 28.5 Å². The van der Waals surface area contributed by atoms with Crippen molar-refractivity contribution in [2.75, 3.05) is 23.3 Å². The van der Waals surface area contributed by atoms with Crippen molar-refractivity contribution in [3.8, 4) is 0 Å². The molecule has 1 aromatic heterocycles. The van der Waals surface area contributed by atoms with Gasteiger partial charge < -0.3 is 10.2 Å². The van der Waals surface area contributed by atoms with E-state index >= 15 is 0 Å². The Bertz CT molecular complexity index is 1150. The molecule has 1 aliphatic heterocycles. The van der Waals surface area contributed by atoms with Crippen molar-refractivity contribution in [2.24, 2.45) is 0 Å². The number of fused-ring (bicyclic) bond motifs is 1. The lowest BCUT2D eigenvalue weighted by molar-refractivity contribution is -0.137. The second-order valence-corrected chi connectivity index (χ2v) is 7.14. The second kappa shape index (κ2) is 7.81. The molecule has 6 nitrogen and oxygen atoms in total. The van der Waals surface area contributed by atoms with Crippen LogP contribution in [0.4, 0.5) is 24.5 Å². The highest BCUT2D eigenvalue weighted by atomic mass is 19.4. The average molecular weight is 416 g/mol. The molecule has 0 radical (unpaired) electrons. The third kappa shape index (κ3) is 4.00. The van der Waals surface area contributed by atoms with Gasteiger partial charge in [0.05, 0.1) is 34.2 Å². The van der Waals surface area contributed by atoms with Crippen LogP contribution >= 0.6 is 0 Å². The fourth-order valence-corrected chi connectivity index (χ4v) is 3.66.